The predicted octanol–water partition coefficient (Wildman–Crippen LogP) is 2.44. The summed E-state index contributed by atoms with van der Waals surface area (Å²) < 4.78 is 2.21. The van der Waals surface area contributed by atoms with Gasteiger partial charge in [0.2, 0.25) is 0 Å². The number of hydrogen-bond acceptors (Lipinski definition) is 6. The van der Waals surface area contributed by atoms with Gasteiger partial charge < -0.3 is 20.0 Å². The average molecular weight is 320 g/mol. The summed E-state index contributed by atoms with van der Waals surface area (Å²) in [6.45, 7) is 8.94. The summed E-state index contributed by atoms with van der Waals surface area (Å²) in [4.78, 5) is 20.2. The highest BCUT2D eigenvalue weighted by molar-refractivity contribution is 5.78. The van der Waals surface area contributed by atoms with Crippen molar-refractivity contribution in [3.05, 3.63) is 42.4 Å². The quantitative estimate of drug-likeness (QED) is 0.721. The first kappa shape index (κ1) is 14.5. The van der Waals surface area contributed by atoms with E-state index in [1.807, 2.05) is 12.4 Å². The number of nitrogens with zero attached hydrogens (tertiary/aromatic N) is 6. The Morgan fingerprint density at radius 2 is 2.08 bits per heavy atom. The molecule has 0 radical (unpaired) electrons. The van der Waals surface area contributed by atoms with E-state index in [1.165, 1.54) is 18.8 Å². The molecule has 1 fully saturated rings. The Balaban J connectivity index is 1.62. The zero-order chi connectivity index (χ0) is 16.4. The van der Waals surface area contributed by atoms with Crippen molar-refractivity contribution in [2.45, 2.75) is 18.9 Å². The number of pyridine rings is 1. The van der Waals surface area contributed by atoms with Gasteiger partial charge in [0.1, 0.15) is 11.3 Å². The molecule has 0 spiro atoms. The molecule has 1 atom stereocenters. The molecule has 8 nitrogen and oxygen atoms in total. The minimum Gasteiger partial charge on any atom is -0.359 e. The molecule has 8 heteroatoms. The molecule has 4 rings (SSSR count). The van der Waals surface area contributed by atoms with Gasteiger partial charge in [-0.1, -0.05) is 6.57 Å². The molecule has 0 aromatic carbocycles. The summed E-state index contributed by atoms with van der Waals surface area (Å²) >= 11 is 0. The number of fused-ring (bicyclic) bond motifs is 1. The largest absolute Gasteiger partial charge is 0.359 e. The van der Waals surface area contributed by atoms with Gasteiger partial charge in [0.05, 0.1) is 24.2 Å². The Morgan fingerprint density at radius 3 is 2.83 bits per heavy atom. The molecule has 0 aliphatic carbocycles. The first-order valence-corrected chi connectivity index (χ1v) is 7.83. The third-order valence-corrected chi connectivity index (χ3v) is 4.13. The molecule has 1 aliphatic heterocycles. The number of anilines is 2. The molecule has 0 amide bonds. The van der Waals surface area contributed by atoms with E-state index in [4.69, 9.17) is 6.57 Å². The normalized spacial score (nSPS) is 17.5. The van der Waals surface area contributed by atoms with Crippen molar-refractivity contribution in [3.8, 4) is 0 Å². The van der Waals surface area contributed by atoms with Crippen molar-refractivity contribution < 1.29 is 0 Å². The molecule has 2 N–H and O–H groups in total. The zero-order valence-electron chi connectivity index (χ0n) is 13.0. The standard InChI is InChI=1S/C16H16N8/c1-17-15-8-21-16(9-20-15)23-14-5-13-12(7-19-14)22-10-24(13)11-3-2-4-18-6-11/h5,7-11,18H,2-4,6H2,(H,19,21,23)/t11-/m0/s1. The maximum atomic E-state index is 6.90. The van der Waals surface area contributed by atoms with Crippen LogP contribution in [0.3, 0.4) is 0 Å². The molecule has 3 aromatic rings. The molecule has 4 heterocycles. The third-order valence-electron chi connectivity index (χ3n) is 4.13. The minimum absolute atomic E-state index is 0.270. The van der Waals surface area contributed by atoms with Crippen LogP contribution < -0.4 is 10.6 Å². The minimum atomic E-state index is 0.270. The SMILES string of the molecule is [C-]#[N+]c1cnc(Nc2cc3c(cn2)ncn3[C@H]2CCCNC2)cn1. The van der Waals surface area contributed by atoms with E-state index in [1.54, 1.807) is 6.20 Å². The van der Waals surface area contributed by atoms with E-state index in [0.29, 0.717) is 17.7 Å². The van der Waals surface area contributed by atoms with Crippen LogP contribution in [0.1, 0.15) is 18.9 Å². The maximum Gasteiger partial charge on any atom is 0.288 e. The lowest BCUT2D eigenvalue weighted by atomic mass is 10.1. The van der Waals surface area contributed by atoms with Crippen LogP contribution in [-0.2, 0) is 0 Å². The number of hydrogen-bond donors (Lipinski definition) is 2. The Labute approximate surface area is 138 Å². The van der Waals surface area contributed by atoms with E-state index in [2.05, 4.69) is 40.0 Å². The molecule has 1 saturated heterocycles. The van der Waals surface area contributed by atoms with Crippen LogP contribution in [-0.4, -0.2) is 37.6 Å². The summed E-state index contributed by atoms with van der Waals surface area (Å²) in [5.74, 6) is 1.50. The second-order valence-corrected chi connectivity index (χ2v) is 5.71. The summed E-state index contributed by atoms with van der Waals surface area (Å²) in [5, 5.41) is 6.55. The van der Waals surface area contributed by atoms with Crippen LogP contribution >= 0.6 is 0 Å². The van der Waals surface area contributed by atoms with E-state index < -0.39 is 0 Å². The van der Waals surface area contributed by atoms with Gasteiger partial charge in [-0.2, -0.15) is 0 Å². The molecular weight excluding hydrogens is 304 g/mol. The second-order valence-electron chi connectivity index (χ2n) is 5.71. The monoisotopic (exact) mass is 320 g/mol. The van der Waals surface area contributed by atoms with E-state index in [-0.39, 0.29) is 5.82 Å². The number of piperidine rings is 1. The Morgan fingerprint density at radius 1 is 1.17 bits per heavy atom. The van der Waals surface area contributed by atoms with Crippen molar-refractivity contribution >= 4 is 28.5 Å². The molecule has 3 aromatic heterocycles. The van der Waals surface area contributed by atoms with Crippen LogP contribution in [0.15, 0.2) is 31.0 Å². The van der Waals surface area contributed by atoms with Gasteiger partial charge in [-0.15, -0.1) is 4.98 Å². The van der Waals surface area contributed by atoms with Gasteiger partial charge in [-0.25, -0.2) is 15.0 Å². The zero-order valence-corrected chi connectivity index (χ0v) is 13.0. The number of aromatic nitrogens is 5. The molecule has 0 saturated carbocycles. The number of imidazole rings is 1. The predicted molar refractivity (Wildman–Crippen MR) is 90.2 cm³/mol. The third kappa shape index (κ3) is 2.77. The lowest BCUT2D eigenvalue weighted by Gasteiger charge is -2.24. The van der Waals surface area contributed by atoms with Crippen molar-refractivity contribution in [2.75, 3.05) is 18.4 Å². The Bertz CT molecular complexity index is 887. The average Bonchev–Trinajstić information content (AvgIpc) is 3.06. The van der Waals surface area contributed by atoms with Gasteiger partial charge in [0, 0.05) is 18.7 Å². The van der Waals surface area contributed by atoms with Crippen LogP contribution in [0.5, 0.6) is 0 Å². The molecule has 1 aliphatic rings. The topological polar surface area (TPSA) is 84.9 Å². The van der Waals surface area contributed by atoms with Gasteiger partial charge in [-0.05, 0) is 19.4 Å². The van der Waals surface area contributed by atoms with Gasteiger partial charge in [-0.3, -0.25) is 0 Å². The first-order valence-electron chi connectivity index (χ1n) is 7.83. The summed E-state index contributed by atoms with van der Waals surface area (Å²) in [6, 6.07) is 2.39. The van der Waals surface area contributed by atoms with Gasteiger partial charge >= 0.3 is 0 Å². The number of rotatable bonds is 3. The van der Waals surface area contributed by atoms with E-state index in [9.17, 15) is 0 Å². The van der Waals surface area contributed by atoms with Gasteiger partial charge in [0.15, 0.2) is 12.0 Å². The molecule has 120 valence electrons. The van der Waals surface area contributed by atoms with Crippen LogP contribution in [0, 0.1) is 6.57 Å². The second kappa shape index (κ2) is 6.22. The van der Waals surface area contributed by atoms with Crippen LogP contribution in [0.25, 0.3) is 15.9 Å². The van der Waals surface area contributed by atoms with Crippen molar-refractivity contribution in [3.63, 3.8) is 0 Å². The number of nitrogens with one attached hydrogen (secondary N) is 2. The lowest BCUT2D eigenvalue weighted by molar-refractivity contribution is 0.378. The highest BCUT2D eigenvalue weighted by atomic mass is 15.1. The maximum absolute atomic E-state index is 6.90. The lowest BCUT2D eigenvalue weighted by Crippen LogP contribution is -2.31. The van der Waals surface area contributed by atoms with Crippen molar-refractivity contribution in [1.82, 2.24) is 29.8 Å². The highest BCUT2D eigenvalue weighted by Crippen LogP contribution is 2.24. The van der Waals surface area contributed by atoms with Crippen LogP contribution in [0.2, 0.25) is 0 Å². The molecule has 0 bridgehead atoms. The Kier molecular flexibility index (Phi) is 3.76. The van der Waals surface area contributed by atoms with Crippen molar-refractivity contribution in [1.29, 1.82) is 0 Å². The molecule has 24 heavy (non-hydrogen) atoms. The van der Waals surface area contributed by atoms with E-state index >= 15 is 0 Å². The summed E-state index contributed by atoms with van der Waals surface area (Å²) in [5.41, 5.74) is 1.92. The molecule has 0 unspecified atom stereocenters. The Hall–Kier alpha value is -3.05. The van der Waals surface area contributed by atoms with Gasteiger partial charge in [0.25, 0.3) is 5.82 Å². The fraction of sp³-hybridized carbons (Fsp3) is 0.312. The molecular formula is C16H16N8. The van der Waals surface area contributed by atoms with E-state index in [0.717, 1.165) is 30.5 Å². The van der Waals surface area contributed by atoms with Crippen LogP contribution in [0.4, 0.5) is 17.5 Å². The van der Waals surface area contributed by atoms with Crippen molar-refractivity contribution in [2.24, 2.45) is 0 Å². The fourth-order valence-corrected chi connectivity index (χ4v) is 2.94. The first-order chi connectivity index (χ1) is 11.8. The smallest absolute Gasteiger partial charge is 0.288 e. The fourth-order valence-electron chi connectivity index (χ4n) is 2.94. The summed E-state index contributed by atoms with van der Waals surface area (Å²) in [7, 11) is 0. The summed E-state index contributed by atoms with van der Waals surface area (Å²) in [6.07, 6.45) is 8.92. The highest BCUT2D eigenvalue weighted by Gasteiger charge is 2.17.